The molecule has 4 rings (SSSR count). The van der Waals surface area contributed by atoms with E-state index in [1.165, 1.54) is 31.4 Å². The van der Waals surface area contributed by atoms with Crippen molar-refractivity contribution in [3.63, 3.8) is 0 Å². The molecule has 0 bridgehead atoms. The molecule has 0 atom stereocenters. The average Bonchev–Trinajstić information content (AvgIpc) is 2.96. The number of carbonyl (C=O) groups excluding carboxylic acids is 1. The SMILES string of the molecule is COc1cccc(O)c1C(=O)NCC1(c2cccc(C(F)(F)F)c2)CCN(C(=NC#N)Oc2ccccc2)CC1. The Bertz CT molecular complexity index is 1410. The summed E-state index contributed by atoms with van der Waals surface area (Å²) in [5, 5.41) is 22.3. The van der Waals surface area contributed by atoms with Crippen molar-refractivity contribution in [3.05, 3.63) is 89.5 Å². The number of methoxy groups -OCH3 is 1. The van der Waals surface area contributed by atoms with Gasteiger partial charge in [-0.2, -0.15) is 18.4 Å². The van der Waals surface area contributed by atoms with E-state index in [2.05, 4.69) is 10.3 Å². The summed E-state index contributed by atoms with van der Waals surface area (Å²) in [7, 11) is 1.36. The lowest BCUT2D eigenvalue weighted by atomic mass is 9.72. The van der Waals surface area contributed by atoms with E-state index in [9.17, 15) is 28.3 Å². The maximum absolute atomic E-state index is 13.6. The molecule has 3 aromatic carbocycles. The van der Waals surface area contributed by atoms with Gasteiger partial charge in [-0.05, 0) is 48.7 Å². The summed E-state index contributed by atoms with van der Waals surface area (Å²) in [5.41, 5.74) is -1.34. The maximum atomic E-state index is 13.6. The number of likely N-dealkylation sites (tertiary alicyclic amines) is 1. The van der Waals surface area contributed by atoms with Crippen molar-refractivity contribution in [1.82, 2.24) is 10.2 Å². The molecule has 0 aliphatic carbocycles. The number of aromatic hydroxyl groups is 1. The molecule has 40 heavy (non-hydrogen) atoms. The van der Waals surface area contributed by atoms with Crippen LogP contribution in [0.4, 0.5) is 13.2 Å². The van der Waals surface area contributed by atoms with E-state index in [0.29, 0.717) is 37.2 Å². The number of nitriles is 1. The quantitative estimate of drug-likeness (QED) is 0.250. The van der Waals surface area contributed by atoms with E-state index in [4.69, 9.17) is 9.47 Å². The van der Waals surface area contributed by atoms with Crippen molar-refractivity contribution in [3.8, 4) is 23.4 Å². The van der Waals surface area contributed by atoms with Gasteiger partial charge in [0.25, 0.3) is 5.91 Å². The average molecular weight is 553 g/mol. The number of ether oxygens (including phenoxy) is 2. The molecule has 0 aromatic heterocycles. The predicted molar refractivity (Wildman–Crippen MR) is 141 cm³/mol. The standard InChI is InChI=1S/C29H27F3N4O4/c1-39-24-12-6-11-23(37)25(24)26(38)34-18-28(20-7-5-8-21(17-20)29(30,31)32)13-15-36(16-14-28)27(35-19-33)40-22-9-3-2-4-10-22/h2-12,17,37H,13-16,18H2,1H3,(H,34,38). The zero-order valence-electron chi connectivity index (χ0n) is 21.6. The fourth-order valence-corrected chi connectivity index (χ4v) is 4.77. The molecule has 0 radical (unpaired) electrons. The van der Waals surface area contributed by atoms with Crippen LogP contribution < -0.4 is 14.8 Å². The van der Waals surface area contributed by atoms with Gasteiger partial charge in [-0.15, -0.1) is 4.99 Å². The van der Waals surface area contributed by atoms with Gasteiger partial charge in [0.05, 0.1) is 12.7 Å². The molecule has 1 amide bonds. The van der Waals surface area contributed by atoms with Crippen molar-refractivity contribution < 1.29 is 32.5 Å². The van der Waals surface area contributed by atoms with Crippen LogP contribution in [0.3, 0.4) is 0 Å². The molecule has 1 aliphatic heterocycles. The van der Waals surface area contributed by atoms with Crippen LogP contribution in [-0.2, 0) is 11.6 Å². The summed E-state index contributed by atoms with van der Waals surface area (Å²) in [5.74, 6) is -0.260. The summed E-state index contributed by atoms with van der Waals surface area (Å²) in [6, 6.07) is 18.3. The summed E-state index contributed by atoms with van der Waals surface area (Å²) in [6.45, 7) is 0.571. The molecule has 0 saturated carbocycles. The second-order valence-corrected chi connectivity index (χ2v) is 9.29. The first-order valence-electron chi connectivity index (χ1n) is 12.4. The molecule has 8 nitrogen and oxygen atoms in total. The highest BCUT2D eigenvalue weighted by molar-refractivity contribution is 5.99. The number of halogens is 3. The lowest BCUT2D eigenvalue weighted by molar-refractivity contribution is -0.137. The lowest BCUT2D eigenvalue weighted by Gasteiger charge is -2.43. The Kier molecular flexibility index (Phi) is 8.48. The molecule has 0 spiro atoms. The summed E-state index contributed by atoms with van der Waals surface area (Å²) in [6.07, 6.45) is -2.17. The Balaban J connectivity index is 1.61. The topological polar surface area (TPSA) is 107 Å². The molecule has 1 fully saturated rings. The second-order valence-electron chi connectivity index (χ2n) is 9.29. The Hall–Kier alpha value is -4.72. The molecule has 11 heteroatoms. The van der Waals surface area contributed by atoms with E-state index in [1.807, 2.05) is 6.07 Å². The second kappa shape index (κ2) is 12.0. The number of hydrogen-bond donors (Lipinski definition) is 2. The molecular formula is C29H27F3N4O4. The van der Waals surface area contributed by atoms with E-state index >= 15 is 0 Å². The van der Waals surface area contributed by atoms with Gasteiger partial charge in [0.15, 0.2) is 0 Å². The third-order valence-electron chi connectivity index (χ3n) is 6.93. The van der Waals surface area contributed by atoms with Gasteiger partial charge in [-0.3, -0.25) is 4.79 Å². The van der Waals surface area contributed by atoms with Crippen LogP contribution in [0, 0.1) is 11.5 Å². The van der Waals surface area contributed by atoms with Crippen molar-refractivity contribution in [2.24, 2.45) is 4.99 Å². The minimum Gasteiger partial charge on any atom is -0.507 e. The van der Waals surface area contributed by atoms with Gasteiger partial charge in [0.2, 0.25) is 6.19 Å². The van der Waals surface area contributed by atoms with Gasteiger partial charge >= 0.3 is 12.2 Å². The molecule has 0 unspecified atom stereocenters. The van der Waals surface area contributed by atoms with Gasteiger partial charge in [0.1, 0.15) is 22.8 Å². The molecule has 208 valence electrons. The van der Waals surface area contributed by atoms with E-state index in [-0.39, 0.29) is 29.6 Å². The zero-order chi connectivity index (χ0) is 28.8. The Labute approximate surface area is 229 Å². The van der Waals surface area contributed by atoms with Crippen molar-refractivity contribution >= 4 is 11.9 Å². The van der Waals surface area contributed by atoms with Crippen molar-refractivity contribution in [2.75, 3.05) is 26.7 Å². The van der Waals surface area contributed by atoms with Gasteiger partial charge in [0, 0.05) is 25.0 Å². The fraction of sp³-hybridized carbons (Fsp3) is 0.276. The zero-order valence-corrected chi connectivity index (χ0v) is 21.6. The molecular weight excluding hydrogens is 525 g/mol. The number of alkyl halides is 3. The van der Waals surface area contributed by atoms with Gasteiger partial charge in [-0.1, -0.05) is 42.5 Å². The number of phenols is 1. The summed E-state index contributed by atoms with van der Waals surface area (Å²) in [4.78, 5) is 18.7. The van der Waals surface area contributed by atoms with Crippen molar-refractivity contribution in [1.29, 1.82) is 5.26 Å². The first-order chi connectivity index (χ1) is 19.2. The molecule has 2 N–H and O–H groups in total. The number of amides is 1. The molecule has 1 saturated heterocycles. The van der Waals surface area contributed by atoms with Crippen LogP contribution in [-0.4, -0.2) is 48.7 Å². The first kappa shape index (κ1) is 28.3. The molecule has 3 aromatic rings. The van der Waals surface area contributed by atoms with Crippen LogP contribution in [0.2, 0.25) is 0 Å². The number of benzene rings is 3. The maximum Gasteiger partial charge on any atom is 0.416 e. The normalized spacial score (nSPS) is 15.2. The Morgan fingerprint density at radius 2 is 1.80 bits per heavy atom. The highest BCUT2D eigenvalue weighted by atomic mass is 19.4. The van der Waals surface area contributed by atoms with Crippen LogP contribution in [0.1, 0.15) is 34.3 Å². The first-order valence-corrected chi connectivity index (χ1v) is 12.4. The monoisotopic (exact) mass is 552 g/mol. The number of carbonyl (C=O) groups is 1. The third-order valence-corrected chi connectivity index (χ3v) is 6.93. The smallest absolute Gasteiger partial charge is 0.416 e. The van der Waals surface area contributed by atoms with Crippen LogP contribution in [0.15, 0.2) is 77.8 Å². The third kappa shape index (κ3) is 6.29. The largest absolute Gasteiger partial charge is 0.507 e. The fourth-order valence-electron chi connectivity index (χ4n) is 4.77. The minimum atomic E-state index is -4.54. The number of rotatable bonds is 6. The van der Waals surface area contributed by atoms with Crippen LogP contribution in [0.5, 0.6) is 17.2 Å². The van der Waals surface area contributed by atoms with E-state index in [1.54, 1.807) is 41.4 Å². The summed E-state index contributed by atoms with van der Waals surface area (Å²) < 4.78 is 51.8. The molecule has 1 aliphatic rings. The number of hydrogen-bond acceptors (Lipinski definition) is 6. The number of nitrogens with zero attached hydrogens (tertiary/aromatic N) is 3. The lowest BCUT2D eigenvalue weighted by Crippen LogP contribution is -2.51. The highest BCUT2D eigenvalue weighted by Crippen LogP contribution is 2.39. The number of piperidine rings is 1. The predicted octanol–water partition coefficient (Wildman–Crippen LogP) is 5.10. The number of nitrogens with one attached hydrogen (secondary N) is 1. The summed E-state index contributed by atoms with van der Waals surface area (Å²) >= 11 is 0. The molecule has 1 heterocycles. The number of aliphatic imine (C=N–C) groups is 1. The number of amidine groups is 1. The Morgan fingerprint density at radius 3 is 2.45 bits per heavy atom. The Morgan fingerprint density at radius 1 is 1.10 bits per heavy atom. The number of para-hydroxylation sites is 1. The van der Waals surface area contributed by atoms with Crippen molar-refractivity contribution in [2.45, 2.75) is 24.4 Å². The van der Waals surface area contributed by atoms with E-state index in [0.717, 1.165) is 12.1 Å². The minimum absolute atomic E-state index is 0.0112. The van der Waals surface area contributed by atoms with Gasteiger partial charge < -0.3 is 24.8 Å². The van der Waals surface area contributed by atoms with E-state index < -0.39 is 23.1 Å². The van der Waals surface area contributed by atoms with Gasteiger partial charge in [-0.25, -0.2) is 0 Å². The number of phenolic OH excluding ortho intramolecular Hbond substituents is 1. The van der Waals surface area contributed by atoms with Crippen LogP contribution >= 0.6 is 0 Å². The van der Waals surface area contributed by atoms with Crippen LogP contribution in [0.25, 0.3) is 0 Å². The highest BCUT2D eigenvalue weighted by Gasteiger charge is 2.40.